The summed E-state index contributed by atoms with van der Waals surface area (Å²) in [5.74, 6) is 0.998. The summed E-state index contributed by atoms with van der Waals surface area (Å²) in [7, 11) is 0. The largest absolute Gasteiger partial charge is 0.395 e. The number of carbonyl (C=O) groups excluding carboxylic acids is 2. The van der Waals surface area contributed by atoms with E-state index in [1.807, 2.05) is 4.90 Å². The quantitative estimate of drug-likeness (QED) is 0.730. The van der Waals surface area contributed by atoms with Crippen molar-refractivity contribution in [3.63, 3.8) is 0 Å². The SMILES string of the molecule is CC(C)c1csc(CN2C[C@H]3C[C@@H](C2)[C@H](C(=O)NCCO)N2C(=O)CCC[C@@H]32)n1. The Balaban J connectivity index is 1.53. The summed E-state index contributed by atoms with van der Waals surface area (Å²) < 4.78 is 0. The van der Waals surface area contributed by atoms with Gasteiger partial charge < -0.3 is 15.3 Å². The smallest absolute Gasteiger partial charge is 0.243 e. The Morgan fingerprint density at radius 1 is 1.38 bits per heavy atom. The van der Waals surface area contributed by atoms with Crippen LogP contribution in [0.4, 0.5) is 0 Å². The Morgan fingerprint density at radius 2 is 2.17 bits per heavy atom. The van der Waals surface area contributed by atoms with Gasteiger partial charge in [0.1, 0.15) is 11.0 Å². The highest BCUT2D eigenvalue weighted by atomic mass is 32.1. The number of rotatable bonds is 6. The minimum Gasteiger partial charge on any atom is -0.395 e. The second kappa shape index (κ2) is 8.70. The molecule has 0 aromatic carbocycles. The van der Waals surface area contributed by atoms with Gasteiger partial charge >= 0.3 is 0 Å². The molecule has 1 aromatic rings. The van der Waals surface area contributed by atoms with Crippen molar-refractivity contribution in [2.75, 3.05) is 26.2 Å². The van der Waals surface area contributed by atoms with Gasteiger partial charge in [0.25, 0.3) is 0 Å². The van der Waals surface area contributed by atoms with Crippen LogP contribution >= 0.6 is 11.3 Å². The van der Waals surface area contributed by atoms with E-state index in [1.165, 1.54) is 0 Å². The zero-order chi connectivity index (χ0) is 20.5. The molecule has 3 aliphatic heterocycles. The topological polar surface area (TPSA) is 85.8 Å². The van der Waals surface area contributed by atoms with Crippen LogP contribution in [0.15, 0.2) is 5.38 Å². The third kappa shape index (κ3) is 4.20. The molecule has 0 radical (unpaired) electrons. The highest BCUT2D eigenvalue weighted by molar-refractivity contribution is 7.09. The summed E-state index contributed by atoms with van der Waals surface area (Å²) in [4.78, 5) is 34.9. The van der Waals surface area contributed by atoms with Crippen LogP contribution in [-0.4, -0.2) is 70.0 Å². The van der Waals surface area contributed by atoms with E-state index in [2.05, 4.69) is 29.4 Å². The predicted octanol–water partition coefficient (Wildman–Crippen LogP) is 1.58. The predicted molar refractivity (Wildman–Crippen MR) is 111 cm³/mol. The molecule has 3 aliphatic rings. The number of nitrogens with zero attached hydrogens (tertiary/aromatic N) is 3. The van der Waals surface area contributed by atoms with Crippen LogP contribution in [-0.2, 0) is 16.1 Å². The molecule has 2 amide bonds. The summed E-state index contributed by atoms with van der Waals surface area (Å²) in [6.07, 6.45) is 3.43. The maximum atomic E-state index is 13.0. The van der Waals surface area contributed by atoms with Crippen molar-refractivity contribution >= 4 is 23.2 Å². The fourth-order valence-electron chi connectivity index (χ4n) is 5.36. The highest BCUT2D eigenvalue weighted by Crippen LogP contribution is 2.42. The lowest BCUT2D eigenvalue weighted by molar-refractivity contribution is -0.160. The van der Waals surface area contributed by atoms with Crippen molar-refractivity contribution in [1.29, 1.82) is 0 Å². The van der Waals surface area contributed by atoms with Gasteiger partial charge in [-0.05, 0) is 31.1 Å². The van der Waals surface area contributed by atoms with Gasteiger partial charge in [-0.25, -0.2) is 4.98 Å². The summed E-state index contributed by atoms with van der Waals surface area (Å²) >= 11 is 1.72. The molecule has 1 aromatic heterocycles. The first-order valence-corrected chi connectivity index (χ1v) is 11.7. The number of aliphatic hydroxyl groups is 1. The first kappa shape index (κ1) is 20.8. The van der Waals surface area contributed by atoms with Gasteiger partial charge in [-0.3, -0.25) is 14.5 Å². The molecule has 2 bridgehead atoms. The zero-order valence-corrected chi connectivity index (χ0v) is 18.2. The number of aliphatic hydroxyl groups excluding tert-OH is 1. The summed E-state index contributed by atoms with van der Waals surface area (Å²) in [5, 5.41) is 15.2. The third-order valence-electron chi connectivity index (χ3n) is 6.62. The van der Waals surface area contributed by atoms with Crippen LogP contribution < -0.4 is 5.32 Å². The van der Waals surface area contributed by atoms with Crippen LogP contribution in [0.1, 0.15) is 56.2 Å². The fourth-order valence-corrected chi connectivity index (χ4v) is 6.35. The molecule has 29 heavy (non-hydrogen) atoms. The van der Waals surface area contributed by atoms with E-state index in [9.17, 15) is 9.59 Å². The molecule has 0 spiro atoms. The number of fused-ring (bicyclic) bond motifs is 4. The number of nitrogens with one attached hydrogen (secondary N) is 1. The second-order valence-electron chi connectivity index (χ2n) is 8.99. The molecule has 4 atom stereocenters. The molecule has 0 saturated carbocycles. The van der Waals surface area contributed by atoms with E-state index >= 15 is 0 Å². The van der Waals surface area contributed by atoms with E-state index in [4.69, 9.17) is 10.1 Å². The van der Waals surface area contributed by atoms with Crippen molar-refractivity contribution in [3.05, 3.63) is 16.1 Å². The standard InChI is InChI=1S/C21H32N4O3S/c1-13(2)16-12-29-18(23-16)11-24-9-14-8-15(10-24)20(21(28)22-6-7-26)25-17(14)4-3-5-19(25)27/h12-15,17,20,26H,3-11H2,1-2H3,(H,22,28)/t14-,15+,17+,20-/m1/s1. The van der Waals surface area contributed by atoms with Crippen molar-refractivity contribution in [2.24, 2.45) is 11.8 Å². The maximum absolute atomic E-state index is 13.0. The molecule has 160 valence electrons. The second-order valence-corrected chi connectivity index (χ2v) is 9.93. The first-order valence-electron chi connectivity index (χ1n) is 10.8. The van der Waals surface area contributed by atoms with Gasteiger partial charge in [-0.2, -0.15) is 0 Å². The highest BCUT2D eigenvalue weighted by Gasteiger charge is 2.51. The lowest BCUT2D eigenvalue weighted by Gasteiger charge is -2.55. The van der Waals surface area contributed by atoms with Crippen LogP contribution in [0.5, 0.6) is 0 Å². The maximum Gasteiger partial charge on any atom is 0.243 e. The molecule has 2 N–H and O–H groups in total. The number of amides is 2. The molecular weight excluding hydrogens is 388 g/mol. The van der Waals surface area contributed by atoms with Crippen LogP contribution in [0.3, 0.4) is 0 Å². The molecule has 0 aliphatic carbocycles. The van der Waals surface area contributed by atoms with Crippen molar-refractivity contribution in [1.82, 2.24) is 20.1 Å². The van der Waals surface area contributed by atoms with Crippen LogP contribution in [0.2, 0.25) is 0 Å². The number of likely N-dealkylation sites (tertiary alicyclic amines) is 1. The fraction of sp³-hybridized carbons (Fsp3) is 0.762. The van der Waals surface area contributed by atoms with Crippen molar-refractivity contribution < 1.29 is 14.7 Å². The number of carbonyl (C=O) groups is 2. The van der Waals surface area contributed by atoms with E-state index in [0.717, 1.165) is 49.6 Å². The van der Waals surface area contributed by atoms with Gasteiger partial charge in [0.15, 0.2) is 0 Å². The van der Waals surface area contributed by atoms with Gasteiger partial charge in [0.05, 0.1) is 18.8 Å². The summed E-state index contributed by atoms with van der Waals surface area (Å²) in [6.45, 7) is 7.06. The van der Waals surface area contributed by atoms with E-state index in [0.29, 0.717) is 18.3 Å². The number of aromatic nitrogens is 1. The summed E-state index contributed by atoms with van der Waals surface area (Å²) in [6, 6.07) is -0.261. The number of hydrogen-bond acceptors (Lipinski definition) is 6. The van der Waals surface area contributed by atoms with Crippen LogP contribution in [0.25, 0.3) is 0 Å². The molecule has 3 fully saturated rings. The van der Waals surface area contributed by atoms with E-state index in [1.54, 1.807) is 11.3 Å². The lowest BCUT2D eigenvalue weighted by atomic mass is 9.71. The molecule has 0 unspecified atom stereocenters. The molecule has 3 saturated heterocycles. The number of thiazole rings is 1. The molecule has 4 rings (SSSR count). The first-order chi connectivity index (χ1) is 14.0. The molecule has 4 heterocycles. The molecule has 7 nitrogen and oxygen atoms in total. The average molecular weight is 421 g/mol. The van der Waals surface area contributed by atoms with Gasteiger partial charge in [0, 0.05) is 43.4 Å². The molecular formula is C21H32N4O3S. The summed E-state index contributed by atoms with van der Waals surface area (Å²) in [5.41, 5.74) is 1.15. The van der Waals surface area contributed by atoms with Gasteiger partial charge in [-0.15, -0.1) is 11.3 Å². The van der Waals surface area contributed by atoms with E-state index in [-0.39, 0.29) is 36.9 Å². The van der Waals surface area contributed by atoms with Crippen molar-refractivity contribution in [2.45, 2.75) is 64.1 Å². The minimum absolute atomic E-state index is 0.0858. The Bertz CT molecular complexity index is 752. The Kier molecular flexibility index (Phi) is 6.22. The zero-order valence-electron chi connectivity index (χ0n) is 17.3. The minimum atomic E-state index is -0.416. The number of piperidine rings is 3. The average Bonchev–Trinajstić information content (AvgIpc) is 3.16. The van der Waals surface area contributed by atoms with E-state index < -0.39 is 6.04 Å². The lowest BCUT2D eigenvalue weighted by Crippen LogP contribution is -2.68. The normalized spacial score (nSPS) is 29.8. The monoisotopic (exact) mass is 420 g/mol. The Labute approximate surface area is 176 Å². The third-order valence-corrected chi connectivity index (χ3v) is 7.47. The Morgan fingerprint density at radius 3 is 2.90 bits per heavy atom. The van der Waals surface area contributed by atoms with Crippen LogP contribution in [0, 0.1) is 11.8 Å². The van der Waals surface area contributed by atoms with Crippen molar-refractivity contribution in [3.8, 4) is 0 Å². The molecule has 8 heteroatoms. The van der Waals surface area contributed by atoms with Gasteiger partial charge in [0.2, 0.25) is 11.8 Å². The number of hydrogen-bond donors (Lipinski definition) is 2. The Hall–Kier alpha value is -1.51. The van der Waals surface area contributed by atoms with Gasteiger partial charge in [-0.1, -0.05) is 13.8 Å².